The molecule has 1 aliphatic carbocycles. The molecule has 9 heteroatoms. The number of hydrogen-bond donors (Lipinski definition) is 1. The topological polar surface area (TPSA) is 78.9 Å². The van der Waals surface area contributed by atoms with Crippen LogP contribution in [0.3, 0.4) is 0 Å². The summed E-state index contributed by atoms with van der Waals surface area (Å²) in [6.07, 6.45) is -1.07. The summed E-state index contributed by atoms with van der Waals surface area (Å²) in [6, 6.07) is 6.06. The molecule has 0 spiro atoms. The van der Waals surface area contributed by atoms with Crippen LogP contribution in [0.15, 0.2) is 34.2 Å². The van der Waals surface area contributed by atoms with E-state index in [-0.39, 0.29) is 28.1 Å². The van der Waals surface area contributed by atoms with E-state index in [9.17, 15) is 23.1 Å². The van der Waals surface area contributed by atoms with Crippen molar-refractivity contribution >= 4 is 11.8 Å². The molecular weight excluding hydrogens is 379 g/mol. The molecule has 0 saturated heterocycles. The summed E-state index contributed by atoms with van der Waals surface area (Å²) in [4.78, 5) is 16.3. The van der Waals surface area contributed by atoms with Crippen molar-refractivity contribution in [3.63, 3.8) is 0 Å². The van der Waals surface area contributed by atoms with Gasteiger partial charge in [0.1, 0.15) is 0 Å². The molecule has 1 heterocycles. The predicted molar refractivity (Wildman–Crippen MR) is 93.4 cm³/mol. The van der Waals surface area contributed by atoms with Crippen molar-refractivity contribution in [3.8, 4) is 11.9 Å². The molecule has 1 fully saturated rings. The van der Waals surface area contributed by atoms with Crippen molar-refractivity contribution in [1.82, 2.24) is 9.55 Å². The molecule has 0 unspecified atom stereocenters. The highest BCUT2D eigenvalue weighted by molar-refractivity contribution is 7.98. The molecule has 0 bridgehead atoms. The number of halogens is 3. The van der Waals surface area contributed by atoms with Crippen LogP contribution in [0.1, 0.15) is 48.4 Å². The SMILES string of the molecule is N#Cc1ccc(CSc2nc(O)cc(=O)n2C2CCCC2)c(C(F)(F)F)c1. The molecule has 3 rings (SSSR count). The second kappa shape index (κ2) is 7.64. The van der Waals surface area contributed by atoms with Crippen molar-refractivity contribution < 1.29 is 18.3 Å². The van der Waals surface area contributed by atoms with Gasteiger partial charge in [-0.05, 0) is 30.5 Å². The minimum atomic E-state index is -4.60. The van der Waals surface area contributed by atoms with Crippen LogP contribution < -0.4 is 5.56 Å². The van der Waals surface area contributed by atoms with Gasteiger partial charge in [0, 0.05) is 11.8 Å². The molecule has 0 amide bonds. The van der Waals surface area contributed by atoms with Crippen LogP contribution in [0.2, 0.25) is 0 Å². The van der Waals surface area contributed by atoms with E-state index in [1.54, 1.807) is 6.07 Å². The van der Waals surface area contributed by atoms with E-state index >= 15 is 0 Å². The molecule has 0 aliphatic heterocycles. The van der Waals surface area contributed by atoms with Crippen LogP contribution in [0.4, 0.5) is 13.2 Å². The van der Waals surface area contributed by atoms with Gasteiger partial charge in [-0.15, -0.1) is 0 Å². The molecule has 0 atom stereocenters. The Labute approximate surface area is 157 Å². The second-order valence-electron chi connectivity index (χ2n) is 6.31. The predicted octanol–water partition coefficient (Wildman–Crippen LogP) is 4.25. The third-order valence-corrected chi connectivity index (χ3v) is 5.50. The summed E-state index contributed by atoms with van der Waals surface area (Å²) in [5.74, 6) is -0.545. The summed E-state index contributed by atoms with van der Waals surface area (Å²) >= 11 is 0.968. The Balaban J connectivity index is 1.94. The standard InChI is InChI=1S/C18H16F3N3O2S/c19-18(20,21)14-7-11(9-22)5-6-12(14)10-27-17-23-15(25)8-16(26)24(17)13-3-1-2-4-13/h5-8,13,25H,1-4,10H2. The average Bonchev–Trinajstić information content (AvgIpc) is 3.12. The third-order valence-electron chi connectivity index (χ3n) is 4.50. The van der Waals surface area contributed by atoms with Gasteiger partial charge in [-0.25, -0.2) is 0 Å². The van der Waals surface area contributed by atoms with Gasteiger partial charge in [0.15, 0.2) is 5.16 Å². The molecule has 1 aliphatic rings. The zero-order valence-electron chi connectivity index (χ0n) is 14.2. The van der Waals surface area contributed by atoms with Crippen molar-refractivity contribution in [3.05, 3.63) is 51.3 Å². The Kier molecular flexibility index (Phi) is 5.46. The molecule has 142 valence electrons. The van der Waals surface area contributed by atoms with E-state index in [1.807, 2.05) is 0 Å². The van der Waals surface area contributed by atoms with E-state index in [4.69, 9.17) is 5.26 Å². The molecule has 1 aromatic carbocycles. The van der Waals surface area contributed by atoms with E-state index in [0.717, 1.165) is 49.6 Å². The first-order valence-corrected chi connectivity index (χ1v) is 9.33. The highest BCUT2D eigenvalue weighted by Crippen LogP contribution is 2.37. The zero-order chi connectivity index (χ0) is 19.6. The lowest BCUT2D eigenvalue weighted by atomic mass is 10.1. The largest absolute Gasteiger partial charge is 0.493 e. The number of aromatic hydroxyl groups is 1. The van der Waals surface area contributed by atoms with Gasteiger partial charge in [-0.3, -0.25) is 9.36 Å². The Morgan fingerprint density at radius 3 is 2.63 bits per heavy atom. The monoisotopic (exact) mass is 395 g/mol. The normalized spacial score (nSPS) is 15.0. The van der Waals surface area contributed by atoms with E-state index < -0.39 is 23.2 Å². The maximum atomic E-state index is 13.3. The maximum Gasteiger partial charge on any atom is 0.416 e. The number of alkyl halides is 3. The van der Waals surface area contributed by atoms with Crippen LogP contribution in [0, 0.1) is 11.3 Å². The molecule has 1 N–H and O–H groups in total. The molecule has 1 saturated carbocycles. The smallest absolute Gasteiger partial charge is 0.416 e. The Morgan fingerprint density at radius 1 is 1.30 bits per heavy atom. The fourth-order valence-electron chi connectivity index (χ4n) is 3.24. The summed E-state index contributed by atoms with van der Waals surface area (Å²) in [5.41, 5.74) is -1.38. The number of nitrogens with zero attached hydrogens (tertiary/aromatic N) is 3. The van der Waals surface area contributed by atoms with Crippen LogP contribution >= 0.6 is 11.8 Å². The summed E-state index contributed by atoms with van der Waals surface area (Å²) in [5, 5.41) is 18.7. The van der Waals surface area contributed by atoms with Gasteiger partial charge in [0.2, 0.25) is 5.88 Å². The van der Waals surface area contributed by atoms with Gasteiger partial charge >= 0.3 is 6.18 Å². The number of rotatable bonds is 4. The van der Waals surface area contributed by atoms with Gasteiger partial charge in [0.25, 0.3) is 5.56 Å². The summed E-state index contributed by atoms with van der Waals surface area (Å²) < 4.78 is 41.4. The highest BCUT2D eigenvalue weighted by atomic mass is 32.2. The Hall–Kier alpha value is -2.47. The highest BCUT2D eigenvalue weighted by Gasteiger charge is 2.33. The maximum absolute atomic E-state index is 13.3. The molecule has 1 aromatic heterocycles. The zero-order valence-corrected chi connectivity index (χ0v) is 15.0. The number of aromatic nitrogens is 2. The van der Waals surface area contributed by atoms with Gasteiger partial charge in [-0.1, -0.05) is 30.7 Å². The Morgan fingerprint density at radius 2 is 2.00 bits per heavy atom. The molecule has 5 nitrogen and oxygen atoms in total. The van der Waals surface area contributed by atoms with E-state index in [0.29, 0.717) is 0 Å². The second-order valence-corrected chi connectivity index (χ2v) is 7.26. The first kappa shape index (κ1) is 19.3. The van der Waals surface area contributed by atoms with E-state index in [1.165, 1.54) is 16.7 Å². The first-order valence-electron chi connectivity index (χ1n) is 8.35. The van der Waals surface area contributed by atoms with Gasteiger partial charge < -0.3 is 5.11 Å². The van der Waals surface area contributed by atoms with Crippen molar-refractivity contribution in [2.75, 3.05) is 0 Å². The summed E-state index contributed by atoms with van der Waals surface area (Å²) in [7, 11) is 0. The Bertz CT molecular complexity index is 944. The lowest BCUT2D eigenvalue weighted by Crippen LogP contribution is -2.25. The molecule has 27 heavy (non-hydrogen) atoms. The number of hydrogen-bond acceptors (Lipinski definition) is 5. The third kappa shape index (κ3) is 4.27. The summed E-state index contributed by atoms with van der Waals surface area (Å²) in [6.45, 7) is 0. The van der Waals surface area contributed by atoms with Crippen LogP contribution in [-0.4, -0.2) is 14.7 Å². The minimum Gasteiger partial charge on any atom is -0.493 e. The molecular formula is C18H16F3N3O2S. The van der Waals surface area contributed by atoms with E-state index in [2.05, 4.69) is 4.98 Å². The van der Waals surface area contributed by atoms with Crippen molar-refractivity contribution in [2.45, 2.75) is 48.8 Å². The lowest BCUT2D eigenvalue weighted by molar-refractivity contribution is -0.138. The number of thioether (sulfide) groups is 1. The molecule has 2 aromatic rings. The van der Waals surface area contributed by atoms with Crippen molar-refractivity contribution in [1.29, 1.82) is 5.26 Å². The number of nitriles is 1. The quantitative estimate of drug-likeness (QED) is 0.619. The fourth-order valence-corrected chi connectivity index (χ4v) is 4.31. The average molecular weight is 395 g/mol. The lowest BCUT2D eigenvalue weighted by Gasteiger charge is -2.18. The first-order chi connectivity index (χ1) is 12.8. The van der Waals surface area contributed by atoms with Gasteiger partial charge in [0.05, 0.1) is 23.3 Å². The van der Waals surface area contributed by atoms with Crippen LogP contribution in [0.5, 0.6) is 5.88 Å². The number of benzene rings is 1. The van der Waals surface area contributed by atoms with Gasteiger partial charge in [-0.2, -0.15) is 23.4 Å². The van der Waals surface area contributed by atoms with Crippen LogP contribution in [-0.2, 0) is 11.9 Å². The van der Waals surface area contributed by atoms with Crippen molar-refractivity contribution in [2.24, 2.45) is 0 Å². The fraction of sp³-hybridized carbons (Fsp3) is 0.389. The minimum absolute atomic E-state index is 0.0120. The molecule has 0 radical (unpaired) electrons. The van der Waals surface area contributed by atoms with Crippen LogP contribution in [0.25, 0.3) is 0 Å².